The molecule has 0 bridgehead atoms. The summed E-state index contributed by atoms with van der Waals surface area (Å²) in [7, 11) is 0. The molecule has 0 saturated heterocycles. The number of nitrogens with two attached hydrogens (primary N) is 2. The Hall–Kier alpha value is -11.3. The van der Waals surface area contributed by atoms with Crippen LogP contribution in [0.3, 0.4) is 0 Å². The number of phenolic OH excluding ortho intramolecular Hbond substituents is 1. The van der Waals surface area contributed by atoms with Crippen LogP contribution in [0.25, 0.3) is 10.9 Å². The molecular formula is C96H139N17O19. The number of primary amides is 1. The minimum Gasteiger partial charge on any atom is -0.508 e. The van der Waals surface area contributed by atoms with E-state index in [0.29, 0.717) is 55.2 Å². The van der Waals surface area contributed by atoms with E-state index in [9.17, 15) is 77.6 Å². The maximum atomic E-state index is 15.1. The van der Waals surface area contributed by atoms with Gasteiger partial charge in [0.25, 0.3) is 0 Å². The van der Waals surface area contributed by atoms with E-state index in [0.717, 1.165) is 16.5 Å². The number of benzene rings is 4. The van der Waals surface area contributed by atoms with E-state index in [1.165, 1.54) is 60.6 Å². The Kier molecular flexibility index (Phi) is 45.8. The first kappa shape index (κ1) is 109. The molecule has 8 amide bonds. The molecule has 36 nitrogen and oxygen atoms in total. The van der Waals surface area contributed by atoms with Gasteiger partial charge < -0.3 is 79.2 Å². The quantitative estimate of drug-likeness (QED) is 0.0119. The predicted octanol–water partition coefficient (Wildman–Crippen LogP) is 2.04. The third-order valence-corrected chi connectivity index (χ3v) is 23.5. The van der Waals surface area contributed by atoms with Gasteiger partial charge in [0, 0.05) is 43.3 Å². The fourth-order valence-corrected chi connectivity index (χ4v) is 15.2. The number of aromatic nitrogens is 1. The molecule has 0 spiro atoms. The number of rotatable bonds is 35. The lowest BCUT2D eigenvalue weighted by molar-refractivity contribution is -0.137. The zero-order valence-corrected chi connectivity index (χ0v) is 77.8. The van der Waals surface area contributed by atoms with Crippen LogP contribution < -0.4 is 86.3 Å². The standard InChI is InChI=1S/C96H139N17O19/c1-57(2)43-75(104-63(9)116)90(128)108-88(62(8)115)93(131)106-76(47-65-31-23-20-24-32-65)91(129)109-95(10)41-27-17-15-13-12-14-16-18-28-42-96(11,94(132)107-78(56-114)82(121)50-80(119)60(6)100-54-85(124)73(111-98)45-64-29-21-19-22-30-64)110-92(130)77(44-58(3)4)113-112-71(39-40-87(97)126)81(120)49-79(118)59(5)99-53-84(123)72(48-67-51-102-70-34-26-25-33-69(67)70)105-89(127)74(46-66-35-37-68(117)38-36-66)103-52-83(122)61(7)101-55-86(95)125/h14,16,19-26,29-38,51,57-62,71-78,88,99-103,111-115,117H,12-13,15,17-18,27-28,39-50,52-56,98H2,1-11H3,(H2,97,126)(H,104,116)(H,105,127)(H,106,131)(H,107,132)(H,108,128)(H,109,129)(H,110,130)/t59-,60-,61-,62+,71-,72-,73-,74-,75-,76-,77-,78-,88-,95+,96-/m0/s1. The summed E-state index contributed by atoms with van der Waals surface area (Å²) in [6, 6.07) is 15.8. The first-order chi connectivity index (χ1) is 62.6. The maximum Gasteiger partial charge on any atom is 0.246 e. The van der Waals surface area contributed by atoms with Gasteiger partial charge in [-0.3, -0.25) is 87.9 Å². The SMILES string of the molecule is CC(=O)N[C@@H](CC(C)C)C(=O)N[C@H](C(=O)N[C@@H](Cc1ccccc1)C(=O)N[C@]1(C)CCCCCCC=CCCC[C@@](C)(C(=O)N[C@@H](CO)C(=O)CC(=O)[C@H](C)NCC(=O)[C@H](Cc2ccccc2)NN)NC(=O)[C@H](CC(C)C)NN[C@@H](CCC(N)=O)C(=O)CC(=O)[C@H](C)NCC(=O)[C@H](Cc2c[nH]c3ccccc23)NC(=O)[C@H](Cc2ccc(O)cc2)NCC(=O)[C@H](C)NCC1=O)[C@@H](C)O. The molecule has 1 aliphatic heterocycles. The number of carbonyl (C=O) groups is 16. The number of amides is 8. The summed E-state index contributed by atoms with van der Waals surface area (Å²) < 4.78 is 0. The largest absolute Gasteiger partial charge is 0.508 e. The van der Waals surface area contributed by atoms with Crippen molar-refractivity contribution in [3.63, 3.8) is 0 Å². The number of hydrazine groups is 2. The number of hydrogen-bond acceptors (Lipinski definition) is 27. The Bertz CT molecular complexity index is 4720. The van der Waals surface area contributed by atoms with Crippen molar-refractivity contribution in [1.82, 2.24) is 79.7 Å². The van der Waals surface area contributed by atoms with Gasteiger partial charge in [0.15, 0.2) is 46.3 Å². The lowest BCUT2D eigenvalue weighted by Crippen LogP contribution is -2.64. The number of aliphatic hydroxyl groups is 2. The molecule has 1 aliphatic rings. The van der Waals surface area contributed by atoms with Gasteiger partial charge in [-0.1, -0.05) is 150 Å². The molecule has 15 atom stereocenters. The molecule has 0 saturated carbocycles. The number of phenols is 1. The summed E-state index contributed by atoms with van der Waals surface area (Å²) in [4.78, 5) is 230. The summed E-state index contributed by atoms with van der Waals surface area (Å²) >= 11 is 0. The van der Waals surface area contributed by atoms with E-state index < -0.39 is 217 Å². The first-order valence-electron chi connectivity index (χ1n) is 45.5. The molecule has 0 radical (unpaired) electrons. The van der Waals surface area contributed by atoms with Crippen molar-refractivity contribution in [3.8, 4) is 5.75 Å². The van der Waals surface area contributed by atoms with Crippen molar-refractivity contribution in [2.45, 2.75) is 288 Å². The summed E-state index contributed by atoms with van der Waals surface area (Å²) in [6.45, 7) is 14.3. The fraction of sp³-hybridized carbons (Fsp3) is 0.542. The van der Waals surface area contributed by atoms with E-state index in [1.807, 2.05) is 74.5 Å². The molecule has 6 rings (SSSR count). The number of hydrogen-bond donors (Lipinski definition) is 20. The number of aromatic hydroxyl groups is 1. The van der Waals surface area contributed by atoms with Crippen molar-refractivity contribution in [2.24, 2.45) is 23.4 Å². The first-order valence-corrected chi connectivity index (χ1v) is 45.5. The highest BCUT2D eigenvalue weighted by Gasteiger charge is 2.42. The average molecular weight is 1840 g/mol. The van der Waals surface area contributed by atoms with Gasteiger partial charge in [-0.2, -0.15) is 0 Å². The van der Waals surface area contributed by atoms with E-state index in [1.54, 1.807) is 68.6 Å². The second-order valence-corrected chi connectivity index (χ2v) is 35.7. The molecule has 4 aromatic carbocycles. The Balaban J connectivity index is 1.34. The minimum absolute atomic E-state index is 0.0313. The fourth-order valence-electron chi connectivity index (χ4n) is 15.2. The van der Waals surface area contributed by atoms with Gasteiger partial charge in [-0.25, -0.2) is 16.3 Å². The number of allylic oxidation sites excluding steroid dienone is 2. The Morgan fingerprint density at radius 1 is 0.561 bits per heavy atom. The van der Waals surface area contributed by atoms with Crippen molar-refractivity contribution in [1.29, 1.82) is 0 Å². The summed E-state index contributed by atoms with van der Waals surface area (Å²) in [5, 5.41) is 63.7. The van der Waals surface area contributed by atoms with Crippen LogP contribution in [-0.4, -0.2) is 236 Å². The van der Waals surface area contributed by atoms with Gasteiger partial charge in [-0.15, -0.1) is 0 Å². The van der Waals surface area contributed by atoms with Crippen LogP contribution >= 0.6 is 0 Å². The molecule has 0 fully saturated rings. The number of aliphatic hydroxyl groups excluding tert-OH is 2. The highest BCUT2D eigenvalue weighted by atomic mass is 16.3. The summed E-state index contributed by atoms with van der Waals surface area (Å²) in [5.41, 5.74) is 13.6. The molecule has 0 unspecified atom stereocenters. The monoisotopic (exact) mass is 1830 g/mol. The van der Waals surface area contributed by atoms with Gasteiger partial charge in [0.05, 0.1) is 99.6 Å². The van der Waals surface area contributed by atoms with Crippen LogP contribution in [-0.2, 0) is 102 Å². The number of fused-ring (bicyclic) bond motifs is 1. The molecule has 5 aromatic rings. The number of ketones is 8. The zero-order chi connectivity index (χ0) is 97.4. The summed E-state index contributed by atoms with van der Waals surface area (Å²) in [5.74, 6) is -6.03. The number of H-pyrrole nitrogens is 1. The average Bonchev–Trinajstić information content (AvgIpc) is 1.46. The molecule has 132 heavy (non-hydrogen) atoms. The number of carbonyl (C=O) groups excluding carboxylic acids is 16. The van der Waals surface area contributed by atoms with Crippen LogP contribution in [0.2, 0.25) is 0 Å². The van der Waals surface area contributed by atoms with E-state index >= 15 is 14.4 Å². The topological polar surface area (TPSA) is 570 Å². The molecule has 36 heteroatoms. The normalized spacial score (nSPS) is 22.2. The van der Waals surface area contributed by atoms with Crippen molar-refractivity contribution >= 4 is 104 Å². The van der Waals surface area contributed by atoms with E-state index in [-0.39, 0.29) is 101 Å². The van der Waals surface area contributed by atoms with Gasteiger partial charge in [0.2, 0.25) is 47.3 Å². The van der Waals surface area contributed by atoms with Gasteiger partial charge in [0.1, 0.15) is 41.5 Å². The Morgan fingerprint density at radius 3 is 1.79 bits per heavy atom. The van der Waals surface area contributed by atoms with Crippen LogP contribution in [0, 0.1) is 11.8 Å². The molecule has 0 aliphatic carbocycles. The highest BCUT2D eigenvalue weighted by Crippen LogP contribution is 2.24. The second kappa shape index (κ2) is 55.2. The van der Waals surface area contributed by atoms with Gasteiger partial charge in [-0.05, 0) is 164 Å². The Labute approximate surface area is 772 Å². The molecule has 22 N–H and O–H groups in total. The minimum atomic E-state index is -1.88. The highest BCUT2D eigenvalue weighted by molar-refractivity contribution is 6.06. The lowest BCUT2D eigenvalue weighted by Gasteiger charge is -2.33. The lowest BCUT2D eigenvalue weighted by atomic mass is 9.88. The van der Waals surface area contributed by atoms with Crippen LogP contribution in [0.1, 0.15) is 195 Å². The van der Waals surface area contributed by atoms with Gasteiger partial charge >= 0.3 is 0 Å². The number of nitrogens with one attached hydrogen (secondary N) is 15. The number of aromatic amines is 1. The van der Waals surface area contributed by atoms with Crippen molar-refractivity contribution in [2.75, 3.05) is 32.8 Å². The molecular weight excluding hydrogens is 1700 g/mol. The van der Waals surface area contributed by atoms with Crippen LogP contribution in [0.5, 0.6) is 5.75 Å². The van der Waals surface area contributed by atoms with Crippen LogP contribution in [0.15, 0.2) is 128 Å². The summed E-state index contributed by atoms with van der Waals surface area (Å²) in [6.07, 6.45) is 5.15. The second-order valence-electron chi connectivity index (χ2n) is 35.7. The number of Topliss-reactive ketones (excluding diaryl/α,β-unsaturated/α-hetero) is 8. The van der Waals surface area contributed by atoms with E-state index in [2.05, 4.69) is 79.7 Å². The zero-order valence-electron chi connectivity index (χ0n) is 77.8. The molecule has 1 aromatic heterocycles. The van der Waals surface area contributed by atoms with Crippen molar-refractivity contribution in [3.05, 3.63) is 150 Å². The third kappa shape index (κ3) is 37.0. The predicted molar refractivity (Wildman–Crippen MR) is 498 cm³/mol. The van der Waals surface area contributed by atoms with E-state index in [4.69, 9.17) is 11.6 Å². The molecule has 722 valence electrons. The maximum absolute atomic E-state index is 15.1. The van der Waals surface area contributed by atoms with Crippen molar-refractivity contribution < 1.29 is 92.0 Å². The Morgan fingerprint density at radius 2 is 1.17 bits per heavy atom. The smallest absolute Gasteiger partial charge is 0.246 e. The van der Waals surface area contributed by atoms with Crippen LogP contribution in [0.4, 0.5) is 0 Å². The number of para-hydroxylation sites is 1. The third-order valence-electron chi connectivity index (χ3n) is 23.5. The molecule has 2 heterocycles.